The topological polar surface area (TPSA) is 80.9 Å². The molecule has 0 unspecified atom stereocenters. The molecule has 4 N–H and O–H groups in total. The highest BCUT2D eigenvalue weighted by molar-refractivity contribution is 5.57. The fraction of sp³-hybridized carbons (Fsp3) is 0.442. The van der Waals surface area contributed by atoms with Crippen molar-refractivity contribution in [3.8, 4) is 23.0 Å². The first kappa shape index (κ1) is 35.9. The van der Waals surface area contributed by atoms with Crippen LogP contribution >= 0.6 is 0 Å². The van der Waals surface area contributed by atoms with E-state index in [1.165, 1.54) is 0 Å². The Hall–Kier alpha value is -3.92. The van der Waals surface area contributed by atoms with Crippen LogP contribution in [0.4, 0.5) is 0 Å². The number of hydrogen-bond donors (Lipinski definition) is 4. The third-order valence-corrected chi connectivity index (χ3v) is 9.47. The second kappa shape index (κ2) is 12.6. The first-order valence-corrected chi connectivity index (χ1v) is 16.8. The number of rotatable bonds is 6. The third kappa shape index (κ3) is 7.32. The Bertz CT molecular complexity index is 1480. The van der Waals surface area contributed by atoms with E-state index in [2.05, 4.69) is 83.1 Å². The SMILES string of the molecule is CC(C)(C)c1cccc(C(CC(c2cccc(C(C)(C)C)c2O)c2cccc(C(C)(C)C)c2O)c2cccc(C(C)(C)C)c2O)c1O. The molecule has 0 saturated heterocycles. The van der Waals surface area contributed by atoms with Crippen molar-refractivity contribution in [1.82, 2.24) is 0 Å². The molecule has 0 aliphatic heterocycles. The van der Waals surface area contributed by atoms with Crippen LogP contribution in [0.25, 0.3) is 0 Å². The molecule has 0 heterocycles. The summed E-state index contributed by atoms with van der Waals surface area (Å²) < 4.78 is 0. The molecule has 0 bridgehead atoms. The van der Waals surface area contributed by atoms with Crippen LogP contribution in [0.15, 0.2) is 72.8 Å². The van der Waals surface area contributed by atoms with Crippen LogP contribution in [-0.4, -0.2) is 20.4 Å². The van der Waals surface area contributed by atoms with E-state index in [9.17, 15) is 20.4 Å². The van der Waals surface area contributed by atoms with Crippen molar-refractivity contribution in [2.45, 2.75) is 123 Å². The van der Waals surface area contributed by atoms with Gasteiger partial charge in [0.15, 0.2) is 0 Å². The molecule has 0 aromatic heterocycles. The maximum Gasteiger partial charge on any atom is 0.123 e. The second-order valence-corrected chi connectivity index (χ2v) is 17.3. The molecule has 0 radical (unpaired) electrons. The highest BCUT2D eigenvalue weighted by Crippen LogP contribution is 2.51. The van der Waals surface area contributed by atoms with Crippen molar-refractivity contribution in [3.63, 3.8) is 0 Å². The number of phenolic OH excluding ortho intramolecular Hbond substituents is 4. The molecule has 4 aromatic rings. The number of phenols is 4. The van der Waals surface area contributed by atoms with Crippen molar-refractivity contribution in [2.24, 2.45) is 0 Å². The lowest BCUT2D eigenvalue weighted by Crippen LogP contribution is -2.18. The van der Waals surface area contributed by atoms with E-state index in [4.69, 9.17) is 0 Å². The van der Waals surface area contributed by atoms with Gasteiger partial charge in [-0.25, -0.2) is 0 Å². The maximum atomic E-state index is 12.0. The summed E-state index contributed by atoms with van der Waals surface area (Å²) in [5.41, 5.74) is 4.77. The molecule has 252 valence electrons. The third-order valence-electron chi connectivity index (χ3n) is 9.47. The highest BCUT2D eigenvalue weighted by Gasteiger charge is 2.35. The first-order chi connectivity index (χ1) is 21.5. The van der Waals surface area contributed by atoms with E-state index in [0.29, 0.717) is 28.7 Å². The summed E-state index contributed by atoms with van der Waals surface area (Å²) >= 11 is 0. The van der Waals surface area contributed by atoms with Gasteiger partial charge in [0, 0.05) is 34.1 Å². The Morgan fingerprint density at radius 2 is 0.553 bits per heavy atom. The average molecular weight is 637 g/mol. The lowest BCUT2D eigenvalue weighted by Gasteiger charge is -2.32. The number of benzene rings is 4. The van der Waals surface area contributed by atoms with Crippen LogP contribution in [0.5, 0.6) is 23.0 Å². The van der Waals surface area contributed by atoms with Crippen molar-refractivity contribution >= 4 is 0 Å². The summed E-state index contributed by atoms with van der Waals surface area (Å²) in [5.74, 6) is -0.177. The average Bonchev–Trinajstić information content (AvgIpc) is 2.93. The lowest BCUT2D eigenvalue weighted by atomic mass is 9.73. The van der Waals surface area contributed by atoms with Gasteiger partial charge in [0.25, 0.3) is 0 Å². The summed E-state index contributed by atoms with van der Waals surface area (Å²) in [6.45, 7) is 24.9. The molecule has 0 fully saturated rings. The highest BCUT2D eigenvalue weighted by atomic mass is 16.3. The Balaban J connectivity index is 2.11. The van der Waals surface area contributed by atoms with E-state index in [1.54, 1.807) is 0 Å². The zero-order valence-electron chi connectivity index (χ0n) is 30.6. The van der Waals surface area contributed by atoms with E-state index in [-0.39, 0.29) is 44.7 Å². The van der Waals surface area contributed by atoms with Gasteiger partial charge in [0.05, 0.1) is 0 Å². The van der Waals surface area contributed by atoms with E-state index < -0.39 is 11.8 Å². The molecule has 0 saturated carbocycles. The summed E-state index contributed by atoms with van der Waals surface area (Å²) in [6.07, 6.45) is 0.366. The minimum Gasteiger partial charge on any atom is -0.507 e. The fourth-order valence-corrected chi connectivity index (χ4v) is 6.87. The molecule has 4 aromatic carbocycles. The summed E-state index contributed by atoms with van der Waals surface area (Å²) in [6, 6.07) is 23.4. The van der Waals surface area contributed by atoms with E-state index >= 15 is 0 Å². The maximum absolute atomic E-state index is 12.0. The molecule has 0 aliphatic carbocycles. The van der Waals surface area contributed by atoms with Gasteiger partial charge in [-0.1, -0.05) is 156 Å². The quantitative estimate of drug-likeness (QED) is 0.170. The number of aromatic hydroxyl groups is 4. The molecule has 4 heteroatoms. The second-order valence-electron chi connectivity index (χ2n) is 17.3. The fourth-order valence-electron chi connectivity index (χ4n) is 6.87. The van der Waals surface area contributed by atoms with Crippen LogP contribution in [-0.2, 0) is 21.7 Å². The van der Waals surface area contributed by atoms with Crippen molar-refractivity contribution in [2.75, 3.05) is 0 Å². The summed E-state index contributed by atoms with van der Waals surface area (Å²) in [4.78, 5) is 0. The van der Waals surface area contributed by atoms with Crippen LogP contribution < -0.4 is 0 Å². The predicted molar refractivity (Wildman–Crippen MR) is 196 cm³/mol. The molecule has 4 nitrogen and oxygen atoms in total. The van der Waals surface area contributed by atoms with Crippen molar-refractivity contribution < 1.29 is 20.4 Å². The number of hydrogen-bond acceptors (Lipinski definition) is 4. The van der Waals surface area contributed by atoms with Crippen LogP contribution in [0.2, 0.25) is 0 Å². The monoisotopic (exact) mass is 636 g/mol. The molecular formula is C43H56O4. The van der Waals surface area contributed by atoms with Gasteiger partial charge < -0.3 is 20.4 Å². The molecular weight excluding hydrogens is 580 g/mol. The first-order valence-electron chi connectivity index (χ1n) is 16.8. The minimum absolute atomic E-state index is 0.199. The largest absolute Gasteiger partial charge is 0.507 e. The van der Waals surface area contributed by atoms with Crippen molar-refractivity contribution in [3.05, 3.63) is 117 Å². The van der Waals surface area contributed by atoms with Gasteiger partial charge in [-0.3, -0.25) is 0 Å². The predicted octanol–water partition coefficient (Wildman–Crippen LogP) is 11.1. The zero-order chi connectivity index (χ0) is 35.3. The molecule has 0 aliphatic rings. The lowest BCUT2D eigenvalue weighted by molar-refractivity contribution is 0.414. The smallest absolute Gasteiger partial charge is 0.123 e. The molecule has 0 atom stereocenters. The summed E-state index contributed by atoms with van der Waals surface area (Å²) in [7, 11) is 0. The Labute approximate surface area is 283 Å². The molecule has 0 amide bonds. The van der Waals surface area contributed by atoms with E-state index in [1.807, 2.05) is 72.8 Å². The van der Waals surface area contributed by atoms with Gasteiger partial charge in [0.2, 0.25) is 0 Å². The Morgan fingerprint density at radius 3 is 0.723 bits per heavy atom. The van der Waals surface area contributed by atoms with Crippen LogP contribution in [0.1, 0.15) is 146 Å². The van der Waals surface area contributed by atoms with Crippen LogP contribution in [0, 0.1) is 0 Å². The molecule has 47 heavy (non-hydrogen) atoms. The van der Waals surface area contributed by atoms with E-state index in [0.717, 1.165) is 22.3 Å². The zero-order valence-corrected chi connectivity index (χ0v) is 30.6. The van der Waals surface area contributed by atoms with Crippen molar-refractivity contribution in [1.29, 1.82) is 0 Å². The minimum atomic E-state index is -0.486. The summed E-state index contributed by atoms with van der Waals surface area (Å²) in [5, 5.41) is 47.8. The molecule has 4 rings (SSSR count). The number of para-hydroxylation sites is 4. The standard InChI is InChI=1S/C43H56O4/c1-40(2,3)32-21-13-17-26(36(32)44)30(27-18-14-22-33(37(27)45)41(4,5)6)25-31(28-19-15-23-34(38(28)46)42(7,8)9)29-20-16-24-35(39(29)47)43(10,11)12/h13-24,30-31,44-47H,25H2,1-12H3. The van der Waals surface area contributed by atoms with Crippen LogP contribution in [0.3, 0.4) is 0 Å². The van der Waals surface area contributed by atoms with Gasteiger partial charge in [-0.2, -0.15) is 0 Å². The Morgan fingerprint density at radius 1 is 0.362 bits per heavy atom. The van der Waals surface area contributed by atoms with Gasteiger partial charge >= 0.3 is 0 Å². The molecule has 0 spiro atoms. The normalized spacial score (nSPS) is 13.1. The van der Waals surface area contributed by atoms with Gasteiger partial charge in [-0.15, -0.1) is 0 Å². The Kier molecular flexibility index (Phi) is 9.63. The van der Waals surface area contributed by atoms with Gasteiger partial charge in [0.1, 0.15) is 23.0 Å². The van der Waals surface area contributed by atoms with Gasteiger partial charge in [-0.05, 0) is 50.3 Å².